The molecule has 1 aliphatic rings. The number of nitrogens with two attached hydrogens (primary N) is 1. The maximum atomic E-state index is 6.00. The number of rotatable bonds is 6. The van der Waals surface area contributed by atoms with Crippen LogP contribution in [0.25, 0.3) is 0 Å². The van der Waals surface area contributed by atoms with Crippen LogP contribution in [-0.4, -0.2) is 29.7 Å². The molecular weight excluding hydrogens is 252 g/mol. The van der Waals surface area contributed by atoms with Crippen LogP contribution in [0.5, 0.6) is 5.88 Å². The summed E-state index contributed by atoms with van der Waals surface area (Å²) < 4.78 is 5.45. The van der Waals surface area contributed by atoms with Crippen molar-refractivity contribution in [3.63, 3.8) is 0 Å². The van der Waals surface area contributed by atoms with Crippen molar-refractivity contribution >= 4 is 5.95 Å². The van der Waals surface area contributed by atoms with E-state index in [1.54, 1.807) is 0 Å². The van der Waals surface area contributed by atoms with Gasteiger partial charge in [0.05, 0.1) is 6.61 Å². The number of anilines is 1. The highest BCUT2D eigenvalue weighted by Crippen LogP contribution is 2.35. The molecule has 20 heavy (non-hydrogen) atoms. The van der Waals surface area contributed by atoms with Gasteiger partial charge in [0.25, 0.3) is 0 Å². The molecule has 0 saturated heterocycles. The zero-order valence-corrected chi connectivity index (χ0v) is 12.6. The van der Waals surface area contributed by atoms with Crippen molar-refractivity contribution in [2.75, 3.05) is 25.0 Å². The second-order valence-electron chi connectivity index (χ2n) is 5.72. The summed E-state index contributed by atoms with van der Waals surface area (Å²) in [4.78, 5) is 8.81. The minimum absolute atomic E-state index is 0.205. The molecule has 2 rings (SSSR count). The smallest absolute Gasteiger partial charge is 0.226 e. The van der Waals surface area contributed by atoms with Gasteiger partial charge >= 0.3 is 0 Å². The third kappa shape index (κ3) is 3.82. The van der Waals surface area contributed by atoms with E-state index >= 15 is 0 Å². The van der Waals surface area contributed by atoms with Gasteiger partial charge in [0.2, 0.25) is 11.8 Å². The molecule has 112 valence electrons. The zero-order chi connectivity index (χ0) is 14.4. The summed E-state index contributed by atoms with van der Waals surface area (Å²) in [6.07, 6.45) is 6.27. The quantitative estimate of drug-likeness (QED) is 0.836. The summed E-state index contributed by atoms with van der Waals surface area (Å²) in [7, 11) is 0. The summed E-state index contributed by atoms with van der Waals surface area (Å²) in [5, 5.41) is 3.36. The Hall–Kier alpha value is -1.36. The third-order valence-electron chi connectivity index (χ3n) is 4.09. The van der Waals surface area contributed by atoms with E-state index in [4.69, 9.17) is 10.5 Å². The van der Waals surface area contributed by atoms with E-state index in [0.717, 1.165) is 18.8 Å². The van der Waals surface area contributed by atoms with Gasteiger partial charge in [0.15, 0.2) is 0 Å². The van der Waals surface area contributed by atoms with Gasteiger partial charge in [-0.1, -0.05) is 19.3 Å². The summed E-state index contributed by atoms with van der Waals surface area (Å²) in [6, 6.07) is 1.86. The van der Waals surface area contributed by atoms with Gasteiger partial charge in [-0.05, 0) is 38.6 Å². The number of hydrogen-bond acceptors (Lipinski definition) is 5. The Labute approximate surface area is 121 Å². The molecule has 0 atom stereocenters. The molecule has 1 aliphatic carbocycles. The molecular formula is C15H26N4O. The zero-order valence-electron chi connectivity index (χ0n) is 12.6. The molecule has 0 radical (unpaired) electrons. The Morgan fingerprint density at radius 1 is 1.30 bits per heavy atom. The fraction of sp³-hybridized carbons (Fsp3) is 0.733. The highest BCUT2D eigenvalue weighted by atomic mass is 16.5. The average Bonchev–Trinajstić information content (AvgIpc) is 2.46. The Kier molecular flexibility index (Phi) is 5.17. The van der Waals surface area contributed by atoms with Crippen molar-refractivity contribution in [3.05, 3.63) is 11.8 Å². The average molecular weight is 278 g/mol. The first kappa shape index (κ1) is 15.0. The van der Waals surface area contributed by atoms with Crippen LogP contribution in [0.4, 0.5) is 5.95 Å². The number of aryl methyl sites for hydroxylation is 1. The van der Waals surface area contributed by atoms with Crippen LogP contribution in [0, 0.1) is 12.3 Å². The van der Waals surface area contributed by atoms with Crippen molar-refractivity contribution in [2.24, 2.45) is 11.1 Å². The van der Waals surface area contributed by atoms with Crippen molar-refractivity contribution in [3.8, 4) is 5.88 Å². The molecule has 1 fully saturated rings. The molecule has 1 saturated carbocycles. The monoisotopic (exact) mass is 278 g/mol. The van der Waals surface area contributed by atoms with Crippen LogP contribution < -0.4 is 15.8 Å². The van der Waals surface area contributed by atoms with Crippen LogP contribution in [0.3, 0.4) is 0 Å². The van der Waals surface area contributed by atoms with Crippen LogP contribution in [-0.2, 0) is 0 Å². The normalized spacial score (nSPS) is 17.8. The molecule has 5 heteroatoms. The van der Waals surface area contributed by atoms with Gasteiger partial charge in [0, 0.05) is 18.3 Å². The lowest BCUT2D eigenvalue weighted by Crippen LogP contribution is -2.39. The Balaban J connectivity index is 2.02. The summed E-state index contributed by atoms with van der Waals surface area (Å²) in [6.45, 7) is 6.09. The minimum Gasteiger partial charge on any atom is -0.478 e. The van der Waals surface area contributed by atoms with Crippen molar-refractivity contribution in [1.82, 2.24) is 9.97 Å². The third-order valence-corrected chi connectivity index (χ3v) is 4.09. The molecule has 1 aromatic rings. The summed E-state index contributed by atoms with van der Waals surface area (Å²) >= 11 is 0. The van der Waals surface area contributed by atoms with E-state index in [1.165, 1.54) is 32.1 Å². The molecule has 0 aromatic carbocycles. The second-order valence-corrected chi connectivity index (χ2v) is 5.72. The molecule has 0 bridgehead atoms. The highest BCUT2D eigenvalue weighted by Gasteiger charge is 2.30. The van der Waals surface area contributed by atoms with Gasteiger partial charge in [-0.2, -0.15) is 4.98 Å². The largest absolute Gasteiger partial charge is 0.478 e. The maximum Gasteiger partial charge on any atom is 0.226 e. The van der Waals surface area contributed by atoms with E-state index < -0.39 is 0 Å². The Bertz CT molecular complexity index is 430. The van der Waals surface area contributed by atoms with Gasteiger partial charge in [-0.15, -0.1) is 0 Å². The van der Waals surface area contributed by atoms with Crippen molar-refractivity contribution in [2.45, 2.75) is 46.0 Å². The Morgan fingerprint density at radius 2 is 2.05 bits per heavy atom. The van der Waals surface area contributed by atoms with Crippen LogP contribution in [0.1, 0.15) is 44.7 Å². The number of aromatic nitrogens is 2. The lowest BCUT2D eigenvalue weighted by Gasteiger charge is -2.36. The van der Waals surface area contributed by atoms with Crippen LogP contribution >= 0.6 is 0 Å². The predicted molar refractivity (Wildman–Crippen MR) is 81.0 cm³/mol. The molecule has 3 N–H and O–H groups in total. The number of hydrogen-bond donors (Lipinski definition) is 2. The first-order valence-corrected chi connectivity index (χ1v) is 7.60. The number of nitrogens with zero attached hydrogens (tertiary/aromatic N) is 2. The summed E-state index contributed by atoms with van der Waals surface area (Å²) in [5.74, 6) is 1.28. The maximum absolute atomic E-state index is 6.00. The number of ether oxygens (including phenoxy) is 1. The first-order chi connectivity index (χ1) is 9.67. The van der Waals surface area contributed by atoms with E-state index in [1.807, 2.05) is 19.9 Å². The van der Waals surface area contributed by atoms with Gasteiger partial charge < -0.3 is 15.8 Å². The highest BCUT2D eigenvalue weighted by molar-refractivity contribution is 5.31. The van der Waals surface area contributed by atoms with Crippen molar-refractivity contribution in [1.29, 1.82) is 0 Å². The van der Waals surface area contributed by atoms with Crippen molar-refractivity contribution < 1.29 is 4.74 Å². The predicted octanol–water partition coefficient (Wildman–Crippen LogP) is 2.50. The first-order valence-electron chi connectivity index (χ1n) is 7.60. The topological polar surface area (TPSA) is 73.1 Å². The molecule has 0 amide bonds. The van der Waals surface area contributed by atoms with E-state index in [9.17, 15) is 0 Å². The molecule has 1 aromatic heterocycles. The molecule has 1 heterocycles. The molecule has 0 spiro atoms. The van der Waals surface area contributed by atoms with Crippen LogP contribution in [0.15, 0.2) is 6.07 Å². The molecule has 5 nitrogen and oxygen atoms in total. The second kappa shape index (κ2) is 6.88. The fourth-order valence-corrected chi connectivity index (χ4v) is 2.86. The van der Waals surface area contributed by atoms with E-state index in [2.05, 4.69) is 15.3 Å². The minimum atomic E-state index is 0.205. The van der Waals surface area contributed by atoms with Crippen LogP contribution in [0.2, 0.25) is 0 Å². The Morgan fingerprint density at radius 3 is 2.70 bits per heavy atom. The lowest BCUT2D eigenvalue weighted by atomic mass is 9.74. The SMILES string of the molecule is CCOc1cc(C)nc(NCC2(CN)CCCCC2)n1. The molecule has 0 unspecified atom stereocenters. The van der Waals surface area contributed by atoms with Gasteiger partial charge in [-0.25, -0.2) is 4.98 Å². The standard InChI is InChI=1S/C15H26N4O/c1-3-20-13-9-12(2)18-14(19-13)17-11-15(10-16)7-5-4-6-8-15/h9H,3-8,10-11,16H2,1-2H3,(H,17,18,19). The van der Waals surface area contributed by atoms with Gasteiger partial charge in [-0.3, -0.25) is 0 Å². The van der Waals surface area contributed by atoms with E-state index in [-0.39, 0.29) is 5.41 Å². The summed E-state index contributed by atoms with van der Waals surface area (Å²) in [5.41, 5.74) is 7.12. The van der Waals surface area contributed by atoms with Gasteiger partial charge in [0.1, 0.15) is 0 Å². The molecule has 0 aliphatic heterocycles. The lowest BCUT2D eigenvalue weighted by molar-refractivity contribution is 0.215. The number of nitrogens with one attached hydrogen (secondary N) is 1. The van der Waals surface area contributed by atoms with E-state index in [0.29, 0.717) is 18.4 Å². The fourth-order valence-electron chi connectivity index (χ4n) is 2.86.